The Morgan fingerprint density at radius 3 is 2.58 bits per heavy atom. The van der Waals surface area contributed by atoms with Crippen molar-refractivity contribution < 1.29 is 4.79 Å². The summed E-state index contributed by atoms with van der Waals surface area (Å²) >= 11 is 0. The average molecular weight is 411 g/mol. The van der Waals surface area contributed by atoms with Crippen LogP contribution >= 0.6 is 0 Å². The van der Waals surface area contributed by atoms with E-state index < -0.39 is 0 Å². The smallest absolute Gasteiger partial charge is 0.223 e. The molecule has 2 aromatic carbocycles. The maximum Gasteiger partial charge on any atom is 0.223 e. The van der Waals surface area contributed by atoms with Crippen LogP contribution in [0.3, 0.4) is 0 Å². The first-order chi connectivity index (χ1) is 15.1. The second kappa shape index (κ2) is 7.99. The second-order valence-electron chi connectivity index (χ2n) is 8.20. The Labute approximate surface area is 182 Å². The van der Waals surface area contributed by atoms with Crippen molar-refractivity contribution in [3.8, 4) is 0 Å². The molecule has 5 nitrogen and oxygen atoms in total. The molecule has 0 fully saturated rings. The van der Waals surface area contributed by atoms with E-state index in [-0.39, 0.29) is 5.91 Å². The standard InChI is InChI=1S/C26H26N4O/c1-18-22(19(2)30-26(27-18)23-10-6-7-11-24(23)28-30)12-13-25(31)29-16-14-21(15-17-29)20-8-4-3-5-9-20/h3-11,14H,12-13,15-17H2,1-2H3. The molecule has 5 rings (SSSR count). The van der Waals surface area contributed by atoms with E-state index in [2.05, 4.69) is 43.3 Å². The van der Waals surface area contributed by atoms with E-state index in [1.807, 2.05) is 40.6 Å². The monoisotopic (exact) mass is 410 g/mol. The quantitative estimate of drug-likeness (QED) is 0.488. The first kappa shape index (κ1) is 19.5. The molecule has 0 radical (unpaired) electrons. The van der Waals surface area contributed by atoms with Crippen LogP contribution in [0.5, 0.6) is 0 Å². The molecule has 1 aliphatic heterocycles. The molecule has 1 aliphatic rings. The number of aryl methyl sites for hydroxylation is 2. The Morgan fingerprint density at radius 2 is 1.81 bits per heavy atom. The Bertz CT molecular complexity index is 1300. The van der Waals surface area contributed by atoms with Crippen molar-refractivity contribution in [2.75, 3.05) is 13.1 Å². The van der Waals surface area contributed by atoms with Crippen LogP contribution < -0.4 is 0 Å². The normalized spacial score (nSPS) is 14.3. The molecule has 156 valence electrons. The van der Waals surface area contributed by atoms with E-state index in [0.29, 0.717) is 19.4 Å². The minimum Gasteiger partial charge on any atom is -0.339 e. The fraction of sp³-hybridized carbons (Fsp3) is 0.269. The summed E-state index contributed by atoms with van der Waals surface area (Å²) in [7, 11) is 0. The highest BCUT2D eigenvalue weighted by Crippen LogP contribution is 2.25. The van der Waals surface area contributed by atoms with Gasteiger partial charge >= 0.3 is 0 Å². The van der Waals surface area contributed by atoms with Gasteiger partial charge in [-0.2, -0.15) is 5.10 Å². The molecule has 4 aromatic rings. The van der Waals surface area contributed by atoms with Crippen LogP contribution in [0.2, 0.25) is 0 Å². The Kier molecular flexibility index (Phi) is 5.02. The Balaban J connectivity index is 1.31. The molecular weight excluding hydrogens is 384 g/mol. The van der Waals surface area contributed by atoms with Crippen LogP contribution in [0.4, 0.5) is 0 Å². The lowest BCUT2D eigenvalue weighted by atomic mass is 9.99. The maximum atomic E-state index is 12.9. The van der Waals surface area contributed by atoms with Gasteiger partial charge in [0.05, 0.1) is 5.52 Å². The van der Waals surface area contributed by atoms with E-state index in [9.17, 15) is 4.79 Å². The molecule has 3 heterocycles. The topological polar surface area (TPSA) is 50.5 Å². The van der Waals surface area contributed by atoms with E-state index in [1.54, 1.807) is 0 Å². The fourth-order valence-electron chi connectivity index (χ4n) is 4.54. The van der Waals surface area contributed by atoms with E-state index in [0.717, 1.165) is 46.5 Å². The van der Waals surface area contributed by atoms with Gasteiger partial charge in [-0.05, 0) is 55.5 Å². The number of benzene rings is 2. The van der Waals surface area contributed by atoms with Gasteiger partial charge in [0.25, 0.3) is 0 Å². The highest BCUT2D eigenvalue weighted by molar-refractivity contribution is 5.92. The molecule has 0 N–H and O–H groups in total. The van der Waals surface area contributed by atoms with Crippen molar-refractivity contribution in [1.82, 2.24) is 19.5 Å². The zero-order valence-electron chi connectivity index (χ0n) is 18.0. The molecule has 0 bridgehead atoms. The van der Waals surface area contributed by atoms with Crippen molar-refractivity contribution in [3.05, 3.63) is 83.2 Å². The third-order valence-corrected chi connectivity index (χ3v) is 6.31. The van der Waals surface area contributed by atoms with E-state index in [4.69, 9.17) is 10.1 Å². The van der Waals surface area contributed by atoms with Gasteiger partial charge in [-0.1, -0.05) is 48.5 Å². The lowest BCUT2D eigenvalue weighted by Crippen LogP contribution is -2.34. The number of nitrogens with zero attached hydrogens (tertiary/aromatic N) is 4. The van der Waals surface area contributed by atoms with Crippen molar-refractivity contribution in [1.29, 1.82) is 0 Å². The first-order valence-electron chi connectivity index (χ1n) is 10.9. The third kappa shape index (κ3) is 3.61. The predicted molar refractivity (Wildman–Crippen MR) is 124 cm³/mol. The molecule has 0 saturated heterocycles. The van der Waals surface area contributed by atoms with E-state index in [1.165, 1.54) is 11.1 Å². The van der Waals surface area contributed by atoms with Crippen LogP contribution in [-0.4, -0.2) is 38.5 Å². The fourth-order valence-corrected chi connectivity index (χ4v) is 4.54. The number of aromatic nitrogens is 3. The lowest BCUT2D eigenvalue weighted by molar-refractivity contribution is -0.130. The van der Waals surface area contributed by atoms with Gasteiger partial charge in [0.15, 0.2) is 5.65 Å². The zero-order valence-corrected chi connectivity index (χ0v) is 18.0. The number of fused-ring (bicyclic) bond motifs is 3. The number of amides is 1. The largest absolute Gasteiger partial charge is 0.339 e. The highest BCUT2D eigenvalue weighted by atomic mass is 16.2. The number of hydrogen-bond donors (Lipinski definition) is 0. The van der Waals surface area contributed by atoms with Crippen molar-refractivity contribution in [3.63, 3.8) is 0 Å². The SMILES string of the molecule is Cc1nc2c3ccccc3nn2c(C)c1CCC(=O)N1CC=C(c2ccccc2)CC1. The second-order valence-corrected chi connectivity index (χ2v) is 8.20. The summed E-state index contributed by atoms with van der Waals surface area (Å²) in [6.07, 6.45) is 4.27. The summed E-state index contributed by atoms with van der Waals surface area (Å²) in [5.41, 5.74) is 7.58. The minimum absolute atomic E-state index is 0.202. The summed E-state index contributed by atoms with van der Waals surface area (Å²) in [5.74, 6) is 0.202. The van der Waals surface area contributed by atoms with E-state index >= 15 is 0 Å². The summed E-state index contributed by atoms with van der Waals surface area (Å²) < 4.78 is 1.92. The number of rotatable bonds is 4. The molecule has 31 heavy (non-hydrogen) atoms. The Morgan fingerprint density at radius 1 is 1.03 bits per heavy atom. The number of carbonyl (C=O) groups excluding carboxylic acids is 1. The summed E-state index contributed by atoms with van der Waals surface area (Å²) in [4.78, 5) is 19.7. The average Bonchev–Trinajstić information content (AvgIpc) is 3.18. The molecule has 0 aliphatic carbocycles. The van der Waals surface area contributed by atoms with Crippen LogP contribution in [0.1, 0.15) is 35.4 Å². The molecule has 2 aromatic heterocycles. The molecule has 0 spiro atoms. The number of hydrogen-bond acceptors (Lipinski definition) is 3. The molecule has 0 saturated carbocycles. The van der Waals surface area contributed by atoms with Gasteiger partial charge in [-0.25, -0.2) is 9.50 Å². The van der Waals surface area contributed by atoms with Gasteiger partial charge in [0.2, 0.25) is 5.91 Å². The van der Waals surface area contributed by atoms with Crippen molar-refractivity contribution >= 4 is 28.0 Å². The molecular formula is C26H26N4O. The molecule has 0 unspecified atom stereocenters. The van der Waals surface area contributed by atoms with Gasteiger partial charge in [-0.15, -0.1) is 0 Å². The van der Waals surface area contributed by atoms with Gasteiger partial charge in [0, 0.05) is 36.3 Å². The van der Waals surface area contributed by atoms with Gasteiger partial charge < -0.3 is 4.90 Å². The molecule has 1 amide bonds. The van der Waals surface area contributed by atoms with Crippen molar-refractivity contribution in [2.45, 2.75) is 33.1 Å². The van der Waals surface area contributed by atoms with Crippen LogP contribution in [0.15, 0.2) is 60.7 Å². The van der Waals surface area contributed by atoms with Gasteiger partial charge in [0.1, 0.15) is 0 Å². The maximum absolute atomic E-state index is 12.9. The van der Waals surface area contributed by atoms with Crippen LogP contribution in [-0.2, 0) is 11.2 Å². The van der Waals surface area contributed by atoms with Crippen LogP contribution in [0, 0.1) is 13.8 Å². The minimum atomic E-state index is 0.202. The molecule has 0 atom stereocenters. The summed E-state index contributed by atoms with van der Waals surface area (Å²) in [6.45, 7) is 5.57. The highest BCUT2D eigenvalue weighted by Gasteiger charge is 2.20. The lowest BCUT2D eigenvalue weighted by Gasteiger charge is -2.27. The van der Waals surface area contributed by atoms with Crippen molar-refractivity contribution in [2.24, 2.45) is 0 Å². The number of carbonyl (C=O) groups is 1. The van der Waals surface area contributed by atoms with Gasteiger partial charge in [-0.3, -0.25) is 4.79 Å². The van der Waals surface area contributed by atoms with Crippen LogP contribution in [0.25, 0.3) is 22.1 Å². The summed E-state index contributed by atoms with van der Waals surface area (Å²) in [6, 6.07) is 18.5. The third-order valence-electron chi connectivity index (χ3n) is 6.31. The summed E-state index contributed by atoms with van der Waals surface area (Å²) in [5, 5.41) is 5.78. The first-order valence-corrected chi connectivity index (χ1v) is 10.9. The molecule has 5 heteroatoms. The zero-order chi connectivity index (χ0) is 21.4. The predicted octanol–water partition coefficient (Wildman–Crippen LogP) is 4.75. The Hall–Kier alpha value is -3.47.